The van der Waals surface area contributed by atoms with E-state index in [0.717, 1.165) is 30.0 Å². The van der Waals surface area contributed by atoms with Gasteiger partial charge in [-0.1, -0.05) is 17.7 Å². The Kier molecular flexibility index (Phi) is 6.31. The molecule has 14 heteroatoms. The number of nitrogens with two attached hydrogens (primary N) is 1. The van der Waals surface area contributed by atoms with Gasteiger partial charge in [0.15, 0.2) is 4.87 Å². The van der Waals surface area contributed by atoms with Crippen LogP contribution in [0.5, 0.6) is 0 Å². The topological polar surface area (TPSA) is 139 Å². The lowest BCUT2D eigenvalue weighted by Gasteiger charge is -2.26. The van der Waals surface area contributed by atoms with Gasteiger partial charge >= 0.3 is 6.18 Å². The fraction of sp³-hybridized carbons (Fsp3) is 0.333. The summed E-state index contributed by atoms with van der Waals surface area (Å²) in [6.45, 7) is 0.259. The van der Waals surface area contributed by atoms with Crippen LogP contribution in [0.4, 0.5) is 18.9 Å². The number of hydrogen-bond acceptors (Lipinski definition) is 6. The molecule has 0 radical (unpaired) electrons. The van der Waals surface area contributed by atoms with Crippen LogP contribution in [0.15, 0.2) is 34.6 Å². The number of thioether (sulfide) groups is 1. The highest BCUT2D eigenvalue weighted by Gasteiger charge is 2.55. The number of aliphatic hydroxyl groups is 1. The molecule has 160 valence electrons. The lowest BCUT2D eigenvalue weighted by Crippen LogP contribution is -2.53. The maximum atomic E-state index is 12.7. The van der Waals surface area contributed by atoms with Crippen LogP contribution in [0.2, 0.25) is 5.02 Å². The van der Waals surface area contributed by atoms with Crippen LogP contribution in [0.25, 0.3) is 0 Å². The fourth-order valence-corrected chi connectivity index (χ4v) is 4.92. The highest BCUT2D eigenvalue weighted by atomic mass is 35.5. The molecule has 2 atom stereocenters. The first-order chi connectivity index (χ1) is 13.1. The second kappa shape index (κ2) is 7.80. The van der Waals surface area contributed by atoms with Crippen LogP contribution in [-0.2, 0) is 19.6 Å². The molecule has 0 saturated carbocycles. The number of rotatable bonds is 6. The number of primary amides is 1. The Labute approximate surface area is 172 Å². The largest absolute Gasteiger partial charge is 0.426 e. The molecule has 29 heavy (non-hydrogen) atoms. The molecule has 0 aromatic heterocycles. The van der Waals surface area contributed by atoms with Crippen molar-refractivity contribution in [3.8, 4) is 0 Å². The normalized spacial score (nSPS) is 21.6. The SMILES string of the molecule is C[C@@](O)(C(=O)Nc1ccc(S(=O)(=O)NC2(C(N)=O)CC=CS2)cc1Cl)C(F)(F)F. The predicted octanol–water partition coefficient (Wildman–Crippen LogP) is 1.70. The average Bonchev–Trinajstić information content (AvgIpc) is 3.04. The first-order valence-corrected chi connectivity index (χ1v) is 10.4. The number of sulfonamides is 1. The first kappa shape index (κ1) is 23.5. The molecule has 0 saturated heterocycles. The van der Waals surface area contributed by atoms with Crippen LogP contribution in [0.1, 0.15) is 13.3 Å². The third kappa shape index (κ3) is 4.69. The lowest BCUT2D eigenvalue weighted by molar-refractivity contribution is -0.242. The molecule has 2 rings (SSSR count). The summed E-state index contributed by atoms with van der Waals surface area (Å²) in [4.78, 5) is 21.4. The van der Waals surface area contributed by atoms with E-state index in [2.05, 4.69) is 4.72 Å². The summed E-state index contributed by atoms with van der Waals surface area (Å²) < 4.78 is 65.5. The fourth-order valence-electron chi connectivity index (χ4n) is 2.11. The van der Waals surface area contributed by atoms with E-state index >= 15 is 0 Å². The standard InChI is InChI=1S/C15H15ClF3N3O5S2/c1-13(25,15(17,18)19)12(24)21-10-4-3-8(7-9(10)16)29(26,27)22-14(11(20)23)5-2-6-28-14/h2-4,6-7,22,25H,5H2,1H3,(H2,20,23)(H,21,24)/t13-,14?/m1/s1. The summed E-state index contributed by atoms with van der Waals surface area (Å²) >= 11 is 6.75. The highest BCUT2D eigenvalue weighted by Crippen LogP contribution is 2.36. The number of anilines is 1. The molecule has 0 bridgehead atoms. The van der Waals surface area contributed by atoms with Gasteiger partial charge in [-0.3, -0.25) is 9.59 Å². The number of nitrogens with one attached hydrogen (secondary N) is 2. The Morgan fingerprint density at radius 2 is 1.97 bits per heavy atom. The maximum absolute atomic E-state index is 12.7. The zero-order valence-electron chi connectivity index (χ0n) is 14.6. The molecule has 5 N–H and O–H groups in total. The zero-order chi connectivity index (χ0) is 22.3. The van der Waals surface area contributed by atoms with Gasteiger partial charge in [0.25, 0.3) is 5.91 Å². The van der Waals surface area contributed by atoms with Gasteiger partial charge in [0.2, 0.25) is 21.5 Å². The van der Waals surface area contributed by atoms with Crippen LogP contribution in [0, 0.1) is 0 Å². The van der Waals surface area contributed by atoms with E-state index in [-0.39, 0.29) is 19.0 Å². The molecular weight excluding hydrogens is 459 g/mol. The van der Waals surface area contributed by atoms with Crippen molar-refractivity contribution in [1.29, 1.82) is 0 Å². The summed E-state index contributed by atoms with van der Waals surface area (Å²) in [5.41, 5.74) is 1.24. The minimum atomic E-state index is -5.24. The van der Waals surface area contributed by atoms with Gasteiger partial charge in [0.1, 0.15) is 0 Å². The van der Waals surface area contributed by atoms with E-state index in [0.29, 0.717) is 0 Å². The van der Waals surface area contributed by atoms with Gasteiger partial charge in [-0.25, -0.2) is 8.42 Å². The Hall–Kier alpha value is -1.80. The number of carbonyl (C=O) groups is 2. The monoisotopic (exact) mass is 473 g/mol. The van der Waals surface area contributed by atoms with Gasteiger partial charge in [-0.05, 0) is 30.5 Å². The van der Waals surface area contributed by atoms with Crippen molar-refractivity contribution in [2.75, 3.05) is 5.32 Å². The molecule has 0 spiro atoms. The molecule has 1 aliphatic heterocycles. The van der Waals surface area contributed by atoms with E-state index in [1.54, 1.807) is 11.4 Å². The van der Waals surface area contributed by atoms with Crippen molar-refractivity contribution < 1.29 is 36.3 Å². The highest BCUT2D eigenvalue weighted by molar-refractivity contribution is 8.05. The van der Waals surface area contributed by atoms with Crippen LogP contribution in [-0.4, -0.2) is 42.0 Å². The Bertz CT molecular complexity index is 972. The molecule has 1 aromatic rings. The molecule has 1 aromatic carbocycles. The molecule has 1 unspecified atom stereocenters. The third-order valence-corrected chi connectivity index (χ3v) is 7.10. The summed E-state index contributed by atoms with van der Waals surface area (Å²) in [7, 11) is -4.30. The Balaban J connectivity index is 2.27. The van der Waals surface area contributed by atoms with Gasteiger partial charge in [-0.2, -0.15) is 17.9 Å². The van der Waals surface area contributed by atoms with Gasteiger partial charge in [0, 0.05) is 6.42 Å². The number of amides is 2. The van der Waals surface area contributed by atoms with Gasteiger partial charge in [-0.15, -0.1) is 11.8 Å². The smallest absolute Gasteiger partial charge is 0.373 e. The molecular formula is C15H15ClF3N3O5S2. The van der Waals surface area contributed by atoms with Crippen molar-refractivity contribution in [2.24, 2.45) is 5.73 Å². The minimum absolute atomic E-state index is 0.0145. The van der Waals surface area contributed by atoms with Crippen LogP contribution in [0.3, 0.4) is 0 Å². The number of carbonyl (C=O) groups excluding carboxylic acids is 2. The second-order valence-electron chi connectivity index (χ2n) is 6.16. The lowest BCUT2D eigenvalue weighted by atomic mass is 10.1. The second-order valence-corrected chi connectivity index (χ2v) is 9.45. The van der Waals surface area contributed by atoms with E-state index in [4.69, 9.17) is 17.3 Å². The molecule has 0 fully saturated rings. The summed E-state index contributed by atoms with van der Waals surface area (Å²) in [6.07, 6.45) is -3.68. The number of halogens is 4. The van der Waals surface area contributed by atoms with Crippen LogP contribution < -0.4 is 15.8 Å². The third-order valence-electron chi connectivity index (χ3n) is 3.96. The average molecular weight is 474 g/mol. The van der Waals surface area contributed by atoms with Crippen molar-refractivity contribution in [1.82, 2.24) is 4.72 Å². The van der Waals surface area contributed by atoms with Crippen molar-refractivity contribution >= 4 is 50.9 Å². The molecule has 8 nitrogen and oxygen atoms in total. The molecule has 1 aliphatic rings. The maximum Gasteiger partial charge on any atom is 0.426 e. The van der Waals surface area contributed by atoms with E-state index in [9.17, 15) is 36.3 Å². The van der Waals surface area contributed by atoms with E-state index < -0.39 is 48.4 Å². The van der Waals surface area contributed by atoms with Gasteiger partial charge in [0.05, 0.1) is 15.6 Å². The summed E-state index contributed by atoms with van der Waals surface area (Å²) in [5, 5.41) is 12.2. The number of alkyl halides is 3. The Morgan fingerprint density at radius 1 is 1.34 bits per heavy atom. The van der Waals surface area contributed by atoms with E-state index in [1.165, 1.54) is 5.41 Å². The Morgan fingerprint density at radius 3 is 2.41 bits per heavy atom. The van der Waals surface area contributed by atoms with Crippen molar-refractivity contribution in [3.05, 3.63) is 34.7 Å². The minimum Gasteiger partial charge on any atom is -0.373 e. The molecule has 0 aliphatic carbocycles. The zero-order valence-corrected chi connectivity index (χ0v) is 17.0. The van der Waals surface area contributed by atoms with E-state index in [1.807, 2.05) is 0 Å². The van der Waals surface area contributed by atoms with Crippen molar-refractivity contribution in [3.63, 3.8) is 0 Å². The molecule has 2 amide bonds. The number of hydrogen-bond donors (Lipinski definition) is 4. The summed E-state index contributed by atoms with van der Waals surface area (Å²) in [5.74, 6) is -2.72. The molecule has 1 heterocycles. The summed E-state index contributed by atoms with van der Waals surface area (Å²) in [6, 6.07) is 2.76. The first-order valence-electron chi connectivity index (χ1n) is 7.69. The predicted molar refractivity (Wildman–Crippen MR) is 100 cm³/mol. The quantitative estimate of drug-likeness (QED) is 0.496. The van der Waals surface area contributed by atoms with Crippen LogP contribution >= 0.6 is 23.4 Å². The number of benzene rings is 1. The van der Waals surface area contributed by atoms with Gasteiger partial charge < -0.3 is 16.2 Å². The van der Waals surface area contributed by atoms with Crippen molar-refractivity contribution in [2.45, 2.75) is 34.9 Å².